The van der Waals surface area contributed by atoms with Crippen LogP contribution in [0.25, 0.3) is 28.2 Å². The fraction of sp³-hybridized carbons (Fsp3) is 0.154. The molecule has 1 aliphatic heterocycles. The Labute approximate surface area is 197 Å². The number of hydrogen-bond acceptors (Lipinski definition) is 4. The molecule has 0 bridgehead atoms. The molecule has 5 rings (SSSR count). The predicted molar refractivity (Wildman–Crippen MR) is 134 cm³/mol. The molecule has 2 aromatic carbocycles. The maximum Gasteiger partial charge on any atom is 0.359 e. The molecule has 34 heavy (non-hydrogen) atoms. The zero-order chi connectivity index (χ0) is 23.7. The Hall–Kier alpha value is -4.46. The van der Waals surface area contributed by atoms with E-state index in [-0.39, 0.29) is 17.8 Å². The lowest BCUT2D eigenvalue weighted by atomic mass is 9.93. The summed E-state index contributed by atoms with van der Waals surface area (Å²) in [6.07, 6.45) is 7.39. The largest absolute Gasteiger partial charge is 0.370 e. The lowest BCUT2D eigenvalue weighted by Gasteiger charge is -2.13. The minimum atomic E-state index is -0.410. The van der Waals surface area contributed by atoms with Gasteiger partial charge >= 0.3 is 11.7 Å². The number of nitrogens with zero attached hydrogens (tertiary/aromatic N) is 3. The van der Waals surface area contributed by atoms with Crippen LogP contribution in [0.4, 0.5) is 5.82 Å². The molecule has 4 aromatic rings. The normalized spacial score (nSPS) is 15.9. The molecule has 0 radical (unpaired) electrons. The van der Waals surface area contributed by atoms with Crippen molar-refractivity contribution in [2.75, 3.05) is 11.9 Å². The van der Waals surface area contributed by atoms with Crippen molar-refractivity contribution >= 4 is 34.7 Å². The van der Waals surface area contributed by atoms with E-state index in [1.165, 1.54) is 0 Å². The van der Waals surface area contributed by atoms with Gasteiger partial charge in [0.15, 0.2) is 11.7 Å². The highest BCUT2D eigenvalue weighted by atomic mass is 16.2. The lowest BCUT2D eigenvalue weighted by molar-refractivity contribution is -0.552. The van der Waals surface area contributed by atoms with Crippen molar-refractivity contribution < 1.29 is 9.36 Å². The quantitative estimate of drug-likeness (QED) is 0.203. The van der Waals surface area contributed by atoms with Gasteiger partial charge in [0.25, 0.3) is 0 Å². The van der Waals surface area contributed by atoms with Gasteiger partial charge in [-0.25, -0.2) is 14.8 Å². The summed E-state index contributed by atoms with van der Waals surface area (Å²) in [7, 11) is 0. The van der Waals surface area contributed by atoms with E-state index in [0.717, 1.165) is 22.0 Å². The van der Waals surface area contributed by atoms with Gasteiger partial charge in [-0.05, 0) is 17.7 Å². The SMILES string of the molecule is CC(c1ccccc1)C1Nc2c(/C=C/CN=C(N)N)nc(-c3c[nH]c4ccccc34)c[n+]2C1=O. The molecule has 2 atom stereocenters. The molecule has 0 aliphatic carbocycles. The van der Waals surface area contributed by atoms with E-state index in [2.05, 4.69) is 22.2 Å². The first kappa shape index (κ1) is 21.4. The van der Waals surface area contributed by atoms with E-state index in [1.54, 1.807) is 4.57 Å². The van der Waals surface area contributed by atoms with Crippen molar-refractivity contribution in [2.45, 2.75) is 18.9 Å². The predicted octanol–water partition coefficient (Wildman–Crippen LogP) is 3.04. The van der Waals surface area contributed by atoms with Gasteiger partial charge < -0.3 is 16.5 Å². The second kappa shape index (κ2) is 8.82. The number of aromatic amines is 1. The van der Waals surface area contributed by atoms with E-state index in [4.69, 9.17) is 16.5 Å². The molecule has 0 spiro atoms. The number of fused-ring (bicyclic) bond motifs is 2. The molecular formula is C26H26N7O+. The second-order valence-corrected chi connectivity index (χ2v) is 8.31. The number of guanidine groups is 1. The zero-order valence-electron chi connectivity index (χ0n) is 18.8. The van der Waals surface area contributed by atoms with E-state index >= 15 is 0 Å². The molecule has 0 saturated carbocycles. The summed E-state index contributed by atoms with van der Waals surface area (Å²) in [6, 6.07) is 17.6. The third kappa shape index (κ3) is 3.90. The molecule has 2 unspecified atom stereocenters. The van der Waals surface area contributed by atoms with Gasteiger partial charge in [-0.3, -0.25) is 5.32 Å². The van der Waals surface area contributed by atoms with E-state index in [1.807, 2.05) is 79.1 Å². The first-order chi connectivity index (χ1) is 16.5. The summed E-state index contributed by atoms with van der Waals surface area (Å²) >= 11 is 0. The summed E-state index contributed by atoms with van der Waals surface area (Å²) in [6.45, 7) is 2.37. The number of anilines is 1. The summed E-state index contributed by atoms with van der Waals surface area (Å²) < 4.78 is 1.68. The maximum absolute atomic E-state index is 13.6. The van der Waals surface area contributed by atoms with Crippen molar-refractivity contribution in [3.8, 4) is 11.3 Å². The van der Waals surface area contributed by atoms with Gasteiger partial charge in [-0.15, -0.1) is 0 Å². The third-order valence-corrected chi connectivity index (χ3v) is 6.12. The van der Waals surface area contributed by atoms with Crippen LogP contribution in [0.3, 0.4) is 0 Å². The first-order valence-corrected chi connectivity index (χ1v) is 11.1. The smallest absolute Gasteiger partial charge is 0.359 e. The molecule has 0 saturated heterocycles. The number of carbonyl (C=O) groups excluding carboxylic acids is 1. The monoisotopic (exact) mass is 452 g/mol. The number of nitrogens with one attached hydrogen (secondary N) is 2. The molecular weight excluding hydrogens is 426 g/mol. The number of carbonyl (C=O) groups is 1. The number of aliphatic imine (C=N–C) groups is 1. The molecule has 8 heteroatoms. The second-order valence-electron chi connectivity index (χ2n) is 8.31. The minimum absolute atomic E-state index is 0.0197. The highest BCUT2D eigenvalue weighted by Crippen LogP contribution is 2.31. The topological polar surface area (TPSA) is 126 Å². The fourth-order valence-electron chi connectivity index (χ4n) is 4.34. The molecule has 170 valence electrons. The summed E-state index contributed by atoms with van der Waals surface area (Å²) in [5, 5.41) is 4.46. The average molecular weight is 453 g/mol. The highest BCUT2D eigenvalue weighted by molar-refractivity contribution is 5.95. The number of aromatic nitrogens is 3. The van der Waals surface area contributed by atoms with Gasteiger partial charge in [-0.2, -0.15) is 4.57 Å². The van der Waals surface area contributed by atoms with Crippen molar-refractivity contribution in [3.63, 3.8) is 0 Å². The number of hydrogen-bond donors (Lipinski definition) is 4. The number of rotatable bonds is 6. The Balaban J connectivity index is 1.59. The number of nitrogens with two attached hydrogens (primary N) is 2. The van der Waals surface area contributed by atoms with Crippen molar-refractivity contribution in [3.05, 3.63) is 84.3 Å². The van der Waals surface area contributed by atoms with Gasteiger partial charge in [-0.1, -0.05) is 61.5 Å². The van der Waals surface area contributed by atoms with Crippen LogP contribution in [0.2, 0.25) is 0 Å². The zero-order valence-corrected chi connectivity index (χ0v) is 18.8. The number of H-pyrrole nitrogens is 1. The molecule has 0 fully saturated rings. The summed E-state index contributed by atoms with van der Waals surface area (Å²) in [5.74, 6) is 0.634. The van der Waals surface area contributed by atoms with Crippen LogP contribution in [-0.4, -0.2) is 34.4 Å². The van der Waals surface area contributed by atoms with Gasteiger partial charge in [0.05, 0.1) is 6.54 Å². The van der Waals surface area contributed by atoms with E-state index in [9.17, 15) is 4.79 Å². The molecule has 3 heterocycles. The van der Waals surface area contributed by atoms with Crippen LogP contribution in [0, 0.1) is 0 Å². The Morgan fingerprint density at radius 3 is 2.74 bits per heavy atom. The number of para-hydroxylation sites is 1. The van der Waals surface area contributed by atoms with Crippen LogP contribution in [-0.2, 0) is 0 Å². The molecule has 1 aliphatic rings. The Morgan fingerprint density at radius 2 is 1.94 bits per heavy atom. The minimum Gasteiger partial charge on any atom is -0.370 e. The maximum atomic E-state index is 13.6. The van der Waals surface area contributed by atoms with Gasteiger partial charge in [0, 0.05) is 28.6 Å². The van der Waals surface area contributed by atoms with E-state index in [0.29, 0.717) is 23.8 Å². The summed E-state index contributed by atoms with van der Waals surface area (Å²) in [4.78, 5) is 25.7. The highest BCUT2D eigenvalue weighted by Gasteiger charge is 2.44. The van der Waals surface area contributed by atoms with Crippen molar-refractivity contribution in [2.24, 2.45) is 16.5 Å². The fourth-order valence-corrected chi connectivity index (χ4v) is 4.34. The molecule has 6 N–H and O–H groups in total. The number of benzene rings is 2. The van der Waals surface area contributed by atoms with Crippen LogP contribution < -0.4 is 21.4 Å². The van der Waals surface area contributed by atoms with Crippen LogP contribution in [0.5, 0.6) is 0 Å². The van der Waals surface area contributed by atoms with Crippen LogP contribution in [0.15, 0.2) is 78.1 Å². The molecule has 8 nitrogen and oxygen atoms in total. The standard InChI is InChI=1S/C26H25N7O/c1-16(17-8-3-2-4-9-17)23-25(34)33-15-22(19-14-30-20-11-6-5-10-18(19)20)31-21(24(33)32-23)12-7-13-29-26(27)28/h2-12,14-16,23,30H,13H2,1H3,(H4,27,28,29)/p+1/b12-7+. The van der Waals surface area contributed by atoms with Crippen LogP contribution >= 0.6 is 0 Å². The third-order valence-electron chi connectivity index (χ3n) is 6.12. The van der Waals surface area contributed by atoms with Crippen molar-refractivity contribution in [1.82, 2.24) is 9.97 Å². The summed E-state index contributed by atoms with van der Waals surface area (Å²) in [5.41, 5.74) is 15.3. The Morgan fingerprint density at radius 1 is 1.18 bits per heavy atom. The van der Waals surface area contributed by atoms with Gasteiger partial charge in [0.1, 0.15) is 11.9 Å². The first-order valence-electron chi connectivity index (χ1n) is 11.1. The molecule has 0 amide bonds. The molecule has 2 aromatic heterocycles. The Bertz CT molecular complexity index is 1420. The van der Waals surface area contributed by atoms with Gasteiger partial charge in [0.2, 0.25) is 6.04 Å². The Kier molecular flexibility index (Phi) is 5.55. The van der Waals surface area contributed by atoms with Crippen LogP contribution in [0.1, 0.15) is 28.9 Å². The average Bonchev–Trinajstić information content (AvgIpc) is 3.43. The lowest BCUT2D eigenvalue weighted by Crippen LogP contribution is -2.44. The van der Waals surface area contributed by atoms with E-state index < -0.39 is 6.04 Å². The van der Waals surface area contributed by atoms with Crippen molar-refractivity contribution in [1.29, 1.82) is 0 Å².